The van der Waals surface area contributed by atoms with E-state index in [0.717, 1.165) is 51.9 Å². The number of rotatable bonds is 7. The van der Waals surface area contributed by atoms with Gasteiger partial charge in [-0.3, -0.25) is 9.89 Å². The van der Waals surface area contributed by atoms with E-state index < -0.39 is 0 Å². The third-order valence-corrected chi connectivity index (χ3v) is 5.56. The Hall–Kier alpha value is -0.890. The average Bonchev–Trinajstić information content (AvgIpc) is 2.64. The largest absolute Gasteiger partial charge is 0.379 e. The topological polar surface area (TPSA) is 55.4 Å². The van der Waals surface area contributed by atoms with Crippen LogP contribution in [0.5, 0.6) is 0 Å². The molecule has 1 unspecified atom stereocenters. The van der Waals surface area contributed by atoms with Crippen molar-refractivity contribution < 1.29 is 4.74 Å². The fourth-order valence-corrected chi connectivity index (χ4v) is 3.61. The van der Waals surface area contributed by atoms with Crippen molar-refractivity contribution in [2.75, 3.05) is 86.2 Å². The van der Waals surface area contributed by atoms with Gasteiger partial charge < -0.3 is 25.2 Å². The summed E-state index contributed by atoms with van der Waals surface area (Å²) in [6.45, 7) is 18.3. The van der Waals surface area contributed by atoms with E-state index in [1.807, 2.05) is 7.05 Å². The van der Waals surface area contributed by atoms with E-state index in [1.54, 1.807) is 0 Å². The van der Waals surface area contributed by atoms with E-state index in [-0.39, 0.29) is 5.54 Å². The Morgan fingerprint density at radius 2 is 1.73 bits per heavy atom. The van der Waals surface area contributed by atoms with Crippen LogP contribution < -0.4 is 10.6 Å². The van der Waals surface area contributed by atoms with Gasteiger partial charge in [0.15, 0.2) is 5.96 Å². The summed E-state index contributed by atoms with van der Waals surface area (Å²) < 4.78 is 5.47. The number of ether oxygens (including phenoxy) is 1. The number of hydrogen-bond acceptors (Lipinski definition) is 5. The molecule has 152 valence electrons. The second kappa shape index (κ2) is 10.4. The molecule has 0 aromatic rings. The minimum atomic E-state index is 0.0901. The molecule has 26 heavy (non-hydrogen) atoms. The van der Waals surface area contributed by atoms with Crippen molar-refractivity contribution >= 4 is 5.96 Å². The molecule has 2 rings (SSSR count). The number of guanidine groups is 1. The third-order valence-electron chi connectivity index (χ3n) is 5.56. The van der Waals surface area contributed by atoms with Gasteiger partial charge in [0.1, 0.15) is 0 Å². The predicted molar refractivity (Wildman–Crippen MR) is 109 cm³/mol. The van der Waals surface area contributed by atoms with Gasteiger partial charge in [0.05, 0.1) is 13.2 Å². The average molecular weight is 369 g/mol. The molecule has 0 aromatic carbocycles. The fourth-order valence-electron chi connectivity index (χ4n) is 3.61. The van der Waals surface area contributed by atoms with Crippen molar-refractivity contribution in [3.8, 4) is 0 Å². The molecule has 2 saturated heterocycles. The third kappa shape index (κ3) is 7.02. The van der Waals surface area contributed by atoms with E-state index in [1.165, 1.54) is 26.2 Å². The Balaban J connectivity index is 1.68. The van der Waals surface area contributed by atoms with E-state index in [4.69, 9.17) is 4.74 Å². The molecule has 1 atom stereocenters. The molecule has 2 fully saturated rings. The molecule has 0 aromatic heterocycles. The quantitative estimate of drug-likeness (QED) is 0.493. The molecule has 2 aliphatic rings. The lowest BCUT2D eigenvalue weighted by Crippen LogP contribution is -2.56. The zero-order valence-corrected chi connectivity index (χ0v) is 17.6. The highest BCUT2D eigenvalue weighted by molar-refractivity contribution is 5.79. The van der Waals surface area contributed by atoms with Crippen molar-refractivity contribution in [3.05, 3.63) is 0 Å². The van der Waals surface area contributed by atoms with Crippen LogP contribution in [0.4, 0.5) is 0 Å². The van der Waals surface area contributed by atoms with Gasteiger partial charge in [0.25, 0.3) is 0 Å². The first-order valence-corrected chi connectivity index (χ1v) is 10.1. The number of likely N-dealkylation sites (N-methyl/N-ethyl adjacent to an activating group) is 1. The first-order valence-electron chi connectivity index (χ1n) is 10.1. The summed E-state index contributed by atoms with van der Waals surface area (Å²) in [6.07, 6.45) is 0. The van der Waals surface area contributed by atoms with Crippen LogP contribution in [0.2, 0.25) is 0 Å². The maximum Gasteiger partial charge on any atom is 0.191 e. The second-order valence-electron chi connectivity index (χ2n) is 8.43. The highest BCUT2D eigenvalue weighted by Gasteiger charge is 2.28. The van der Waals surface area contributed by atoms with Crippen molar-refractivity contribution in [1.29, 1.82) is 0 Å². The van der Waals surface area contributed by atoms with Gasteiger partial charge >= 0.3 is 0 Å². The lowest BCUT2D eigenvalue weighted by atomic mass is 10.0. The molecule has 7 heteroatoms. The van der Waals surface area contributed by atoms with Crippen molar-refractivity contribution in [2.45, 2.75) is 26.3 Å². The number of piperazine rings is 1. The Morgan fingerprint density at radius 1 is 1.08 bits per heavy atom. The highest BCUT2D eigenvalue weighted by atomic mass is 16.5. The number of aliphatic imine (C=N–C) groups is 1. The minimum Gasteiger partial charge on any atom is -0.379 e. The SMILES string of the molecule is CN=C(NCC(C)CN1CCN(C)CC1)NCC(C)(C)N1CCOCC1. The molecule has 2 heterocycles. The van der Waals surface area contributed by atoms with E-state index in [0.29, 0.717) is 5.92 Å². The van der Waals surface area contributed by atoms with Gasteiger partial charge in [-0.25, -0.2) is 0 Å². The number of morpholine rings is 1. The maximum atomic E-state index is 5.47. The summed E-state index contributed by atoms with van der Waals surface area (Å²) >= 11 is 0. The van der Waals surface area contributed by atoms with Gasteiger partial charge in [-0.05, 0) is 26.8 Å². The van der Waals surface area contributed by atoms with Crippen LogP contribution in [0.3, 0.4) is 0 Å². The monoisotopic (exact) mass is 368 g/mol. The normalized spacial score (nSPS) is 23.0. The summed E-state index contributed by atoms with van der Waals surface area (Å²) in [5, 5.41) is 7.01. The Kier molecular flexibility index (Phi) is 8.60. The molecule has 0 spiro atoms. The van der Waals surface area contributed by atoms with Crippen molar-refractivity contribution in [1.82, 2.24) is 25.3 Å². The smallest absolute Gasteiger partial charge is 0.191 e. The van der Waals surface area contributed by atoms with E-state index in [9.17, 15) is 0 Å². The molecular weight excluding hydrogens is 328 g/mol. The van der Waals surface area contributed by atoms with Gasteiger partial charge in [-0.2, -0.15) is 0 Å². The van der Waals surface area contributed by atoms with Gasteiger partial charge in [0, 0.05) is 71.5 Å². The first kappa shape index (κ1) is 21.4. The van der Waals surface area contributed by atoms with Gasteiger partial charge in [-0.15, -0.1) is 0 Å². The van der Waals surface area contributed by atoms with Gasteiger partial charge in [-0.1, -0.05) is 6.92 Å². The van der Waals surface area contributed by atoms with Crippen LogP contribution in [0.25, 0.3) is 0 Å². The van der Waals surface area contributed by atoms with Crippen LogP contribution in [0.1, 0.15) is 20.8 Å². The summed E-state index contributed by atoms with van der Waals surface area (Å²) in [4.78, 5) is 11.9. The van der Waals surface area contributed by atoms with Crippen LogP contribution in [0.15, 0.2) is 4.99 Å². The standard InChI is InChI=1S/C19H40N6O/c1-17(15-24-8-6-23(5)7-9-24)14-21-18(20-4)22-16-19(2,3)25-10-12-26-13-11-25/h17H,6-16H2,1-5H3,(H2,20,21,22). The summed E-state index contributed by atoms with van der Waals surface area (Å²) in [5.74, 6) is 1.50. The summed E-state index contributed by atoms with van der Waals surface area (Å²) in [7, 11) is 4.05. The second-order valence-corrected chi connectivity index (χ2v) is 8.43. The first-order chi connectivity index (χ1) is 12.4. The lowest BCUT2D eigenvalue weighted by Gasteiger charge is -2.41. The fraction of sp³-hybridized carbons (Fsp3) is 0.947. The highest BCUT2D eigenvalue weighted by Crippen LogP contribution is 2.15. The maximum absolute atomic E-state index is 5.47. The molecule has 2 aliphatic heterocycles. The Morgan fingerprint density at radius 3 is 2.35 bits per heavy atom. The summed E-state index contributed by atoms with van der Waals surface area (Å²) in [5.41, 5.74) is 0.0901. The number of hydrogen-bond donors (Lipinski definition) is 2. The van der Waals surface area contributed by atoms with Crippen LogP contribution in [-0.4, -0.2) is 112 Å². The molecule has 7 nitrogen and oxygen atoms in total. The van der Waals surface area contributed by atoms with Crippen molar-refractivity contribution in [3.63, 3.8) is 0 Å². The summed E-state index contributed by atoms with van der Waals surface area (Å²) in [6, 6.07) is 0. The zero-order valence-electron chi connectivity index (χ0n) is 17.6. The molecule has 0 amide bonds. The molecule has 0 bridgehead atoms. The van der Waals surface area contributed by atoms with E-state index >= 15 is 0 Å². The number of nitrogens with zero attached hydrogens (tertiary/aromatic N) is 4. The van der Waals surface area contributed by atoms with Crippen LogP contribution in [0, 0.1) is 5.92 Å². The van der Waals surface area contributed by atoms with Gasteiger partial charge in [0.2, 0.25) is 0 Å². The molecule has 0 radical (unpaired) electrons. The zero-order chi connectivity index (χ0) is 19.0. The predicted octanol–water partition coefficient (Wildman–Crippen LogP) is 0.146. The molecule has 0 aliphatic carbocycles. The lowest BCUT2D eigenvalue weighted by molar-refractivity contribution is -0.00834. The molecular formula is C19H40N6O. The molecule has 0 saturated carbocycles. The Labute approximate surface area is 160 Å². The van der Waals surface area contributed by atoms with Crippen LogP contribution >= 0.6 is 0 Å². The van der Waals surface area contributed by atoms with Crippen LogP contribution in [-0.2, 0) is 4.74 Å². The Bertz CT molecular complexity index is 428. The number of nitrogens with one attached hydrogen (secondary N) is 2. The van der Waals surface area contributed by atoms with E-state index in [2.05, 4.69) is 58.1 Å². The van der Waals surface area contributed by atoms with Crippen molar-refractivity contribution in [2.24, 2.45) is 10.9 Å². The minimum absolute atomic E-state index is 0.0901. The molecule has 2 N–H and O–H groups in total.